The summed E-state index contributed by atoms with van der Waals surface area (Å²) in [4.78, 5) is 2.71. The molecule has 1 unspecified atom stereocenters. The second-order valence-corrected chi connectivity index (χ2v) is 3.06. The molecule has 14 heavy (non-hydrogen) atoms. The first-order chi connectivity index (χ1) is 6.65. The minimum absolute atomic E-state index is 0.295. The number of hydrogen-bond donors (Lipinski definition) is 1. The lowest BCUT2D eigenvalue weighted by molar-refractivity contribution is 0.581. The predicted molar refractivity (Wildman–Crippen MR) is 51.9 cm³/mol. The largest absolute Gasteiger partial charge is 0.327 e. The van der Waals surface area contributed by atoms with Gasteiger partial charge in [0.05, 0.1) is 6.04 Å². The van der Waals surface area contributed by atoms with Crippen LogP contribution in [-0.2, 0) is 0 Å². The van der Waals surface area contributed by atoms with Crippen LogP contribution >= 0.6 is 0 Å². The number of hydrogen-bond acceptors (Lipinski definition) is 2. The molecule has 1 aromatic rings. The molecule has 1 aromatic carbocycles. The molecule has 0 saturated heterocycles. The normalized spacial score (nSPS) is 14.2. The Morgan fingerprint density at radius 1 is 1.43 bits per heavy atom. The zero-order valence-corrected chi connectivity index (χ0v) is 7.76. The van der Waals surface area contributed by atoms with Gasteiger partial charge in [-0.2, -0.15) is 0 Å². The molecule has 0 saturated carbocycles. The van der Waals surface area contributed by atoms with Gasteiger partial charge in [-0.1, -0.05) is 17.2 Å². The van der Waals surface area contributed by atoms with Gasteiger partial charge in [0.1, 0.15) is 5.82 Å². The number of azide groups is 1. The van der Waals surface area contributed by atoms with Crippen molar-refractivity contribution in [2.75, 3.05) is 0 Å². The summed E-state index contributed by atoms with van der Waals surface area (Å²) in [6.45, 7) is 1.74. The smallest absolute Gasteiger partial charge is 0.123 e. The van der Waals surface area contributed by atoms with Gasteiger partial charge in [-0.05, 0) is 30.2 Å². The maximum atomic E-state index is 12.6. The van der Waals surface area contributed by atoms with Crippen molar-refractivity contribution in [1.29, 1.82) is 0 Å². The van der Waals surface area contributed by atoms with Gasteiger partial charge < -0.3 is 5.73 Å². The Labute approximate surface area is 81.2 Å². The van der Waals surface area contributed by atoms with E-state index < -0.39 is 6.04 Å². The van der Waals surface area contributed by atoms with Crippen molar-refractivity contribution in [2.45, 2.75) is 19.0 Å². The van der Waals surface area contributed by atoms with Gasteiger partial charge in [0.25, 0.3) is 0 Å². The van der Waals surface area contributed by atoms with Crippen molar-refractivity contribution in [3.05, 3.63) is 46.1 Å². The molecule has 1 rings (SSSR count). The number of nitrogens with zero attached hydrogens (tertiary/aromatic N) is 3. The fourth-order valence-electron chi connectivity index (χ4n) is 1.19. The highest BCUT2D eigenvalue weighted by atomic mass is 19.1. The molecule has 0 fully saturated rings. The van der Waals surface area contributed by atoms with Crippen LogP contribution in [0.15, 0.2) is 29.4 Å². The van der Waals surface area contributed by atoms with Crippen LogP contribution in [0.3, 0.4) is 0 Å². The molecule has 0 aliphatic rings. The Balaban J connectivity index is 2.99. The summed E-state index contributed by atoms with van der Waals surface area (Å²) in [5, 5.41) is 3.56. The summed E-state index contributed by atoms with van der Waals surface area (Å²) in [5.41, 5.74) is 14.7. The van der Waals surface area contributed by atoms with E-state index in [2.05, 4.69) is 10.0 Å². The van der Waals surface area contributed by atoms with E-state index in [1.807, 2.05) is 0 Å². The molecule has 2 N–H and O–H groups in total. The third-order valence-corrected chi connectivity index (χ3v) is 1.89. The minimum Gasteiger partial charge on any atom is -0.327 e. The standard InChI is InChI=1S/C9H11FN4/c1-6(11)9(13-14-12)7-2-4-8(10)5-3-7/h2-6,9H,11H2,1H3/t6-,9?/m1/s1. The summed E-state index contributed by atoms with van der Waals surface area (Å²) in [5.74, 6) is -0.321. The van der Waals surface area contributed by atoms with Crippen LogP contribution in [0.5, 0.6) is 0 Å². The fraction of sp³-hybridized carbons (Fsp3) is 0.333. The van der Waals surface area contributed by atoms with Crippen LogP contribution in [0.2, 0.25) is 0 Å². The average Bonchev–Trinajstić information content (AvgIpc) is 2.15. The second-order valence-electron chi connectivity index (χ2n) is 3.06. The van der Waals surface area contributed by atoms with Gasteiger partial charge in [-0.15, -0.1) is 0 Å². The first-order valence-electron chi connectivity index (χ1n) is 4.20. The van der Waals surface area contributed by atoms with Crippen molar-refractivity contribution < 1.29 is 4.39 Å². The zero-order valence-electron chi connectivity index (χ0n) is 7.76. The molecule has 0 spiro atoms. The molecule has 5 heteroatoms. The third-order valence-electron chi connectivity index (χ3n) is 1.89. The van der Waals surface area contributed by atoms with E-state index >= 15 is 0 Å². The van der Waals surface area contributed by atoms with E-state index in [1.165, 1.54) is 12.1 Å². The van der Waals surface area contributed by atoms with Crippen molar-refractivity contribution in [2.24, 2.45) is 10.8 Å². The molecule has 0 aliphatic heterocycles. The highest BCUT2D eigenvalue weighted by molar-refractivity contribution is 5.21. The molecule has 74 valence electrons. The van der Waals surface area contributed by atoms with Crippen LogP contribution in [0.4, 0.5) is 4.39 Å². The Morgan fingerprint density at radius 3 is 2.43 bits per heavy atom. The summed E-state index contributed by atoms with van der Waals surface area (Å²) >= 11 is 0. The highest BCUT2D eigenvalue weighted by Crippen LogP contribution is 2.20. The molecule has 0 aromatic heterocycles. The predicted octanol–water partition coefficient (Wildman–Crippen LogP) is 2.52. The molecule has 0 amide bonds. The highest BCUT2D eigenvalue weighted by Gasteiger charge is 2.13. The Morgan fingerprint density at radius 2 is 2.00 bits per heavy atom. The van der Waals surface area contributed by atoms with Crippen LogP contribution in [0.1, 0.15) is 18.5 Å². The van der Waals surface area contributed by atoms with Gasteiger partial charge in [0.2, 0.25) is 0 Å². The van der Waals surface area contributed by atoms with Crippen LogP contribution in [0, 0.1) is 5.82 Å². The van der Waals surface area contributed by atoms with Gasteiger partial charge in [0, 0.05) is 11.0 Å². The first kappa shape index (κ1) is 10.5. The van der Waals surface area contributed by atoms with Crippen molar-refractivity contribution >= 4 is 0 Å². The second kappa shape index (κ2) is 4.60. The topological polar surface area (TPSA) is 74.8 Å². The summed E-state index contributed by atoms with van der Waals surface area (Å²) in [6.07, 6.45) is 0. The van der Waals surface area contributed by atoms with Crippen molar-refractivity contribution in [1.82, 2.24) is 0 Å². The van der Waals surface area contributed by atoms with Crippen molar-refractivity contribution in [3.63, 3.8) is 0 Å². The van der Waals surface area contributed by atoms with E-state index in [4.69, 9.17) is 11.3 Å². The zero-order chi connectivity index (χ0) is 10.6. The molecule has 0 aliphatic carbocycles. The lowest BCUT2D eigenvalue weighted by atomic mass is 10.0. The van der Waals surface area contributed by atoms with Gasteiger partial charge in [-0.25, -0.2) is 4.39 Å². The molecular formula is C9H11FN4. The van der Waals surface area contributed by atoms with Gasteiger partial charge in [0.15, 0.2) is 0 Å². The van der Waals surface area contributed by atoms with Crippen molar-refractivity contribution in [3.8, 4) is 0 Å². The minimum atomic E-state index is -0.444. The van der Waals surface area contributed by atoms with E-state index in [0.717, 1.165) is 5.56 Å². The maximum absolute atomic E-state index is 12.6. The molecule has 2 atom stereocenters. The van der Waals surface area contributed by atoms with Crippen LogP contribution in [-0.4, -0.2) is 6.04 Å². The quantitative estimate of drug-likeness (QED) is 0.448. The number of benzene rings is 1. The fourth-order valence-corrected chi connectivity index (χ4v) is 1.19. The maximum Gasteiger partial charge on any atom is 0.123 e. The lowest BCUT2D eigenvalue weighted by Crippen LogP contribution is -2.22. The number of nitrogens with two attached hydrogens (primary N) is 1. The Kier molecular flexibility index (Phi) is 3.45. The van der Waals surface area contributed by atoms with E-state index in [0.29, 0.717) is 0 Å². The molecule has 4 nitrogen and oxygen atoms in total. The Hall–Kier alpha value is -1.58. The van der Waals surface area contributed by atoms with E-state index in [-0.39, 0.29) is 11.9 Å². The van der Waals surface area contributed by atoms with Crippen LogP contribution < -0.4 is 5.73 Å². The molecule has 0 radical (unpaired) electrons. The summed E-state index contributed by atoms with van der Waals surface area (Å²) < 4.78 is 12.6. The first-order valence-corrected chi connectivity index (χ1v) is 4.20. The number of rotatable bonds is 3. The Bertz CT molecular complexity index is 340. The molecule has 0 heterocycles. The third kappa shape index (κ3) is 2.45. The summed E-state index contributed by atoms with van der Waals surface area (Å²) in [6, 6.07) is 5.03. The lowest BCUT2D eigenvalue weighted by Gasteiger charge is -2.14. The van der Waals surface area contributed by atoms with E-state index in [9.17, 15) is 4.39 Å². The van der Waals surface area contributed by atoms with E-state index in [1.54, 1.807) is 19.1 Å². The van der Waals surface area contributed by atoms with Crippen LogP contribution in [0.25, 0.3) is 10.4 Å². The van der Waals surface area contributed by atoms with Gasteiger partial charge in [-0.3, -0.25) is 0 Å². The molecular weight excluding hydrogens is 183 g/mol. The monoisotopic (exact) mass is 194 g/mol. The molecule has 0 bridgehead atoms. The average molecular weight is 194 g/mol. The SMILES string of the molecule is C[C@@H](N)C(N=[N+]=[N-])c1ccc(F)cc1. The summed E-state index contributed by atoms with van der Waals surface area (Å²) in [7, 11) is 0. The number of halogens is 1. The van der Waals surface area contributed by atoms with Gasteiger partial charge >= 0.3 is 0 Å².